The van der Waals surface area contributed by atoms with Gasteiger partial charge in [0, 0.05) is 11.0 Å². The highest BCUT2D eigenvalue weighted by molar-refractivity contribution is 9.10. The second kappa shape index (κ2) is 6.27. The lowest BCUT2D eigenvalue weighted by Gasteiger charge is -2.20. The number of aliphatic hydroxyl groups is 1. The van der Waals surface area contributed by atoms with Gasteiger partial charge in [-0.2, -0.15) is 0 Å². The number of hydrogen-bond donors (Lipinski definition) is 1. The van der Waals surface area contributed by atoms with Gasteiger partial charge in [-0.3, -0.25) is 4.90 Å². The number of halogens is 3. The third-order valence-electron chi connectivity index (χ3n) is 2.20. The van der Waals surface area contributed by atoms with Gasteiger partial charge < -0.3 is 5.11 Å². The van der Waals surface area contributed by atoms with Gasteiger partial charge in [-0.1, -0.05) is 34.1 Å². The number of rotatable bonds is 5. The molecule has 0 saturated carbocycles. The van der Waals surface area contributed by atoms with E-state index in [0.29, 0.717) is 5.56 Å². The third kappa shape index (κ3) is 4.15. The number of aliphatic hydroxyl groups excluding tert-OH is 1. The number of nitrogens with zero attached hydrogens (tertiary/aromatic N) is 1. The zero-order valence-corrected chi connectivity index (χ0v) is 10.5. The van der Waals surface area contributed by atoms with Crippen molar-refractivity contribution in [3.05, 3.63) is 34.3 Å². The molecule has 1 aromatic carbocycles. The van der Waals surface area contributed by atoms with E-state index in [1.165, 1.54) is 4.90 Å². The van der Waals surface area contributed by atoms with Gasteiger partial charge in [-0.25, -0.2) is 8.78 Å². The molecule has 0 aliphatic carbocycles. The summed E-state index contributed by atoms with van der Waals surface area (Å²) in [5.41, 5.74) is 0.712. The number of benzene rings is 1. The Morgan fingerprint density at radius 2 is 1.94 bits per heavy atom. The molecule has 1 aromatic rings. The molecule has 1 unspecified atom stereocenters. The Balaban J connectivity index is 2.58. The Bertz CT molecular complexity index is 336. The van der Waals surface area contributed by atoms with Gasteiger partial charge in [-0.05, 0) is 18.7 Å². The molecular formula is C11H14BrF2NO. The van der Waals surface area contributed by atoms with E-state index < -0.39 is 12.5 Å². The van der Waals surface area contributed by atoms with Crippen LogP contribution in [0.1, 0.15) is 11.7 Å². The van der Waals surface area contributed by atoms with Crippen molar-refractivity contribution in [1.29, 1.82) is 0 Å². The largest absolute Gasteiger partial charge is 0.387 e. The van der Waals surface area contributed by atoms with E-state index >= 15 is 0 Å². The molecule has 90 valence electrons. The average molecular weight is 294 g/mol. The molecule has 1 rings (SSSR count). The Morgan fingerprint density at radius 3 is 2.50 bits per heavy atom. The Morgan fingerprint density at radius 1 is 1.31 bits per heavy atom. The Hall–Kier alpha value is -0.520. The van der Waals surface area contributed by atoms with Gasteiger partial charge in [0.25, 0.3) is 6.43 Å². The molecule has 0 fully saturated rings. The third-order valence-corrected chi connectivity index (χ3v) is 2.92. The van der Waals surface area contributed by atoms with Crippen LogP contribution in [0.5, 0.6) is 0 Å². The van der Waals surface area contributed by atoms with E-state index in [1.54, 1.807) is 19.2 Å². The van der Waals surface area contributed by atoms with E-state index in [-0.39, 0.29) is 13.1 Å². The van der Waals surface area contributed by atoms with E-state index in [9.17, 15) is 13.9 Å². The van der Waals surface area contributed by atoms with Crippen LogP contribution in [-0.4, -0.2) is 36.6 Å². The molecule has 0 spiro atoms. The molecule has 0 aliphatic rings. The highest BCUT2D eigenvalue weighted by atomic mass is 79.9. The van der Waals surface area contributed by atoms with Crippen LogP contribution in [0.2, 0.25) is 0 Å². The van der Waals surface area contributed by atoms with Crippen LogP contribution in [0.3, 0.4) is 0 Å². The maximum atomic E-state index is 12.1. The smallest absolute Gasteiger partial charge is 0.251 e. The molecule has 0 aliphatic heterocycles. The van der Waals surface area contributed by atoms with Crippen LogP contribution < -0.4 is 0 Å². The molecule has 0 saturated heterocycles. The molecule has 1 atom stereocenters. The standard InChI is InChI=1S/C11H14BrF2NO/c1-15(7-11(13)14)6-10(16)8-4-2-3-5-9(8)12/h2-5,10-11,16H,6-7H2,1H3. The van der Waals surface area contributed by atoms with Crippen LogP contribution >= 0.6 is 15.9 Å². The van der Waals surface area contributed by atoms with Gasteiger partial charge in [-0.15, -0.1) is 0 Å². The first kappa shape index (κ1) is 13.5. The molecule has 1 N–H and O–H groups in total. The SMILES string of the molecule is CN(CC(F)F)CC(O)c1ccccc1Br. The van der Waals surface area contributed by atoms with Crippen LogP contribution in [0, 0.1) is 0 Å². The summed E-state index contributed by atoms with van der Waals surface area (Å²) in [6, 6.07) is 7.22. The minimum atomic E-state index is -2.38. The minimum Gasteiger partial charge on any atom is -0.387 e. The van der Waals surface area contributed by atoms with Crippen molar-refractivity contribution in [2.24, 2.45) is 0 Å². The van der Waals surface area contributed by atoms with Gasteiger partial charge in [0.1, 0.15) is 0 Å². The van der Waals surface area contributed by atoms with Gasteiger partial charge in [0.15, 0.2) is 0 Å². The van der Waals surface area contributed by atoms with Crippen molar-refractivity contribution in [1.82, 2.24) is 4.90 Å². The zero-order valence-electron chi connectivity index (χ0n) is 8.91. The first-order valence-corrected chi connectivity index (χ1v) is 5.69. The summed E-state index contributed by atoms with van der Waals surface area (Å²) in [5.74, 6) is 0. The minimum absolute atomic E-state index is 0.187. The van der Waals surface area contributed by atoms with Gasteiger partial charge in [0.2, 0.25) is 0 Å². The predicted molar refractivity (Wildman–Crippen MR) is 62.6 cm³/mol. The molecule has 0 aromatic heterocycles. The Labute approximate surface area is 102 Å². The maximum absolute atomic E-state index is 12.1. The summed E-state index contributed by atoms with van der Waals surface area (Å²) in [6.45, 7) is -0.144. The summed E-state index contributed by atoms with van der Waals surface area (Å²) >= 11 is 3.31. The summed E-state index contributed by atoms with van der Waals surface area (Å²) in [5, 5.41) is 9.87. The van der Waals surface area contributed by atoms with E-state index in [1.807, 2.05) is 12.1 Å². The van der Waals surface area contributed by atoms with Crippen molar-refractivity contribution in [2.75, 3.05) is 20.1 Å². The quantitative estimate of drug-likeness (QED) is 0.902. The van der Waals surface area contributed by atoms with Crippen LogP contribution in [-0.2, 0) is 0 Å². The molecule has 16 heavy (non-hydrogen) atoms. The van der Waals surface area contributed by atoms with Crippen LogP contribution in [0.25, 0.3) is 0 Å². The fourth-order valence-electron chi connectivity index (χ4n) is 1.45. The molecule has 5 heteroatoms. The van der Waals surface area contributed by atoms with Crippen LogP contribution in [0.15, 0.2) is 28.7 Å². The van der Waals surface area contributed by atoms with E-state index in [2.05, 4.69) is 15.9 Å². The van der Waals surface area contributed by atoms with Gasteiger partial charge in [0.05, 0.1) is 12.6 Å². The average Bonchev–Trinajstić information content (AvgIpc) is 2.16. The summed E-state index contributed by atoms with van der Waals surface area (Å²) in [4.78, 5) is 1.41. The topological polar surface area (TPSA) is 23.5 Å². The molecule has 2 nitrogen and oxygen atoms in total. The monoisotopic (exact) mass is 293 g/mol. The molecule has 0 radical (unpaired) electrons. The van der Waals surface area contributed by atoms with E-state index in [4.69, 9.17) is 0 Å². The normalized spacial score (nSPS) is 13.4. The zero-order chi connectivity index (χ0) is 12.1. The maximum Gasteiger partial charge on any atom is 0.251 e. The molecule has 0 heterocycles. The predicted octanol–water partition coefficient (Wildman–Crippen LogP) is 2.68. The van der Waals surface area contributed by atoms with Gasteiger partial charge >= 0.3 is 0 Å². The number of likely N-dealkylation sites (N-methyl/N-ethyl adjacent to an activating group) is 1. The lowest BCUT2D eigenvalue weighted by atomic mass is 10.1. The first-order chi connectivity index (χ1) is 7.50. The Kier molecular flexibility index (Phi) is 5.31. The number of alkyl halides is 2. The molecule has 0 bridgehead atoms. The first-order valence-electron chi connectivity index (χ1n) is 4.90. The van der Waals surface area contributed by atoms with Crippen molar-refractivity contribution in [2.45, 2.75) is 12.5 Å². The van der Waals surface area contributed by atoms with Crippen molar-refractivity contribution >= 4 is 15.9 Å². The summed E-state index contributed by atoms with van der Waals surface area (Å²) < 4.78 is 25.0. The van der Waals surface area contributed by atoms with Crippen molar-refractivity contribution < 1.29 is 13.9 Å². The second-order valence-electron chi connectivity index (χ2n) is 3.65. The highest BCUT2D eigenvalue weighted by Gasteiger charge is 2.15. The fourth-order valence-corrected chi connectivity index (χ4v) is 2.00. The number of hydrogen-bond acceptors (Lipinski definition) is 2. The van der Waals surface area contributed by atoms with E-state index in [0.717, 1.165) is 4.47 Å². The summed E-state index contributed by atoms with van der Waals surface area (Å²) in [7, 11) is 1.56. The lowest BCUT2D eigenvalue weighted by Crippen LogP contribution is -2.29. The molecular weight excluding hydrogens is 280 g/mol. The lowest BCUT2D eigenvalue weighted by molar-refractivity contribution is 0.0678. The second-order valence-corrected chi connectivity index (χ2v) is 4.50. The van der Waals surface area contributed by atoms with Crippen molar-refractivity contribution in [3.8, 4) is 0 Å². The van der Waals surface area contributed by atoms with Crippen molar-refractivity contribution in [3.63, 3.8) is 0 Å². The fraction of sp³-hybridized carbons (Fsp3) is 0.455. The van der Waals surface area contributed by atoms with Crippen LogP contribution in [0.4, 0.5) is 8.78 Å². The molecule has 0 amide bonds. The highest BCUT2D eigenvalue weighted by Crippen LogP contribution is 2.23. The summed E-state index contributed by atoms with van der Waals surface area (Å²) in [6.07, 6.45) is -3.14.